The Morgan fingerprint density at radius 3 is 2.31 bits per heavy atom. The first-order valence-corrected chi connectivity index (χ1v) is 10.1. The number of hydrogen-bond acceptors (Lipinski definition) is 7. The van der Waals surface area contributed by atoms with E-state index in [4.69, 9.17) is 4.74 Å². The molecule has 1 aliphatic heterocycles. The lowest BCUT2D eigenvalue weighted by molar-refractivity contribution is -0.114. The molecule has 0 atom stereocenters. The fourth-order valence-corrected chi connectivity index (χ4v) is 3.65. The summed E-state index contributed by atoms with van der Waals surface area (Å²) in [5, 5.41) is 5.98. The summed E-state index contributed by atoms with van der Waals surface area (Å²) >= 11 is 0. The number of aromatic nitrogens is 3. The van der Waals surface area contributed by atoms with Crippen LogP contribution in [0.15, 0.2) is 12.1 Å². The monoisotopic (exact) mass is 398 g/mol. The molecule has 0 radical (unpaired) electrons. The maximum Gasteiger partial charge on any atom is 0.322 e. The van der Waals surface area contributed by atoms with Gasteiger partial charge in [0.1, 0.15) is 0 Å². The molecule has 1 aromatic carbocycles. The maximum atomic E-state index is 12.5. The zero-order chi connectivity index (χ0) is 20.8. The standard InChI is InChI=1S/C21H30N6O2/c1-14-11-15(2)18(16(3)12-14)23-17(28)13-22-19-24-20(26-21(25-19)29-4)27-9-7-5-6-8-10-27/h11-12H,5-10,13H2,1-4H3,(H,23,28)(H,22,24,25,26). The van der Waals surface area contributed by atoms with E-state index in [0.717, 1.165) is 42.7 Å². The quantitative estimate of drug-likeness (QED) is 0.772. The third-order valence-electron chi connectivity index (χ3n) is 5.02. The normalized spacial score (nSPS) is 14.3. The van der Waals surface area contributed by atoms with E-state index in [2.05, 4.69) is 42.6 Å². The molecule has 8 nitrogen and oxygen atoms in total. The van der Waals surface area contributed by atoms with Gasteiger partial charge in [-0.3, -0.25) is 4.79 Å². The van der Waals surface area contributed by atoms with Crippen LogP contribution in [0.2, 0.25) is 0 Å². The SMILES string of the molecule is COc1nc(NCC(=O)Nc2c(C)cc(C)cc2C)nc(N2CCCCCC2)n1. The average molecular weight is 399 g/mol. The maximum absolute atomic E-state index is 12.5. The summed E-state index contributed by atoms with van der Waals surface area (Å²) in [5.41, 5.74) is 4.11. The Labute approximate surface area is 172 Å². The van der Waals surface area contributed by atoms with Gasteiger partial charge < -0.3 is 20.3 Å². The first kappa shape index (κ1) is 20.8. The molecule has 1 saturated heterocycles. The summed E-state index contributed by atoms with van der Waals surface area (Å²) in [5.74, 6) is 0.770. The van der Waals surface area contributed by atoms with E-state index in [1.807, 2.05) is 20.8 Å². The Kier molecular flexibility index (Phi) is 6.85. The lowest BCUT2D eigenvalue weighted by Crippen LogP contribution is -2.28. The van der Waals surface area contributed by atoms with Gasteiger partial charge in [0, 0.05) is 18.8 Å². The number of benzene rings is 1. The van der Waals surface area contributed by atoms with Gasteiger partial charge in [-0.25, -0.2) is 0 Å². The first-order chi connectivity index (χ1) is 14.0. The molecule has 0 saturated carbocycles. The molecule has 29 heavy (non-hydrogen) atoms. The van der Waals surface area contributed by atoms with Gasteiger partial charge >= 0.3 is 6.01 Å². The Hall–Kier alpha value is -2.90. The molecule has 1 aliphatic rings. The number of hydrogen-bond donors (Lipinski definition) is 2. The van der Waals surface area contributed by atoms with Crippen molar-refractivity contribution < 1.29 is 9.53 Å². The highest BCUT2D eigenvalue weighted by Crippen LogP contribution is 2.22. The minimum atomic E-state index is -0.157. The second kappa shape index (κ2) is 9.54. The third-order valence-corrected chi connectivity index (χ3v) is 5.02. The van der Waals surface area contributed by atoms with Crippen LogP contribution in [0.3, 0.4) is 0 Å². The molecule has 1 aromatic heterocycles. The molecule has 2 aromatic rings. The molecule has 3 rings (SSSR count). The zero-order valence-electron chi connectivity index (χ0n) is 17.7. The molecule has 1 fully saturated rings. The number of ether oxygens (including phenoxy) is 1. The highest BCUT2D eigenvalue weighted by Gasteiger charge is 2.16. The molecular weight excluding hydrogens is 368 g/mol. The summed E-state index contributed by atoms with van der Waals surface area (Å²) in [7, 11) is 1.53. The number of aryl methyl sites for hydroxylation is 3. The van der Waals surface area contributed by atoms with Crippen LogP contribution in [-0.2, 0) is 4.79 Å². The highest BCUT2D eigenvalue weighted by molar-refractivity contribution is 5.95. The molecule has 0 bridgehead atoms. The molecule has 0 unspecified atom stereocenters. The van der Waals surface area contributed by atoms with Crippen LogP contribution in [0.4, 0.5) is 17.6 Å². The molecule has 2 N–H and O–H groups in total. The van der Waals surface area contributed by atoms with Crippen LogP contribution in [0.5, 0.6) is 6.01 Å². The number of nitrogens with one attached hydrogen (secondary N) is 2. The number of rotatable bonds is 6. The van der Waals surface area contributed by atoms with E-state index in [1.54, 1.807) is 0 Å². The lowest BCUT2D eigenvalue weighted by atomic mass is 10.1. The van der Waals surface area contributed by atoms with Crippen LogP contribution in [-0.4, -0.2) is 47.6 Å². The van der Waals surface area contributed by atoms with Gasteiger partial charge in [0.15, 0.2) is 0 Å². The molecule has 156 valence electrons. The van der Waals surface area contributed by atoms with E-state index < -0.39 is 0 Å². The van der Waals surface area contributed by atoms with Gasteiger partial charge in [-0.1, -0.05) is 30.5 Å². The van der Waals surface area contributed by atoms with Crippen LogP contribution in [0, 0.1) is 20.8 Å². The second-order valence-electron chi connectivity index (χ2n) is 7.52. The minimum absolute atomic E-state index is 0.0549. The summed E-state index contributed by atoms with van der Waals surface area (Å²) in [6, 6.07) is 4.35. The van der Waals surface area contributed by atoms with Crippen molar-refractivity contribution in [3.63, 3.8) is 0 Å². The van der Waals surface area contributed by atoms with Crippen LogP contribution >= 0.6 is 0 Å². The third kappa shape index (κ3) is 5.56. The van der Waals surface area contributed by atoms with E-state index in [9.17, 15) is 4.79 Å². The second-order valence-corrected chi connectivity index (χ2v) is 7.52. The summed E-state index contributed by atoms with van der Waals surface area (Å²) in [6.45, 7) is 7.92. The van der Waals surface area contributed by atoms with Crippen molar-refractivity contribution in [2.24, 2.45) is 0 Å². The zero-order valence-corrected chi connectivity index (χ0v) is 17.7. The van der Waals surface area contributed by atoms with Gasteiger partial charge in [-0.05, 0) is 44.7 Å². The first-order valence-electron chi connectivity index (χ1n) is 10.1. The van der Waals surface area contributed by atoms with Crippen molar-refractivity contribution in [3.05, 3.63) is 28.8 Å². The van der Waals surface area contributed by atoms with E-state index in [-0.39, 0.29) is 18.5 Å². The lowest BCUT2D eigenvalue weighted by Gasteiger charge is -2.20. The number of anilines is 3. The van der Waals surface area contributed by atoms with Crippen LogP contribution in [0.1, 0.15) is 42.4 Å². The molecular formula is C21H30N6O2. The Bertz CT molecular complexity index is 839. The smallest absolute Gasteiger partial charge is 0.322 e. The predicted molar refractivity (Wildman–Crippen MR) is 115 cm³/mol. The van der Waals surface area contributed by atoms with Gasteiger partial charge in [-0.15, -0.1) is 0 Å². The van der Waals surface area contributed by atoms with Crippen molar-refractivity contribution in [1.29, 1.82) is 0 Å². The fourth-order valence-electron chi connectivity index (χ4n) is 3.65. The molecule has 8 heteroatoms. The van der Waals surface area contributed by atoms with E-state index in [1.165, 1.54) is 25.5 Å². The van der Waals surface area contributed by atoms with Crippen molar-refractivity contribution in [1.82, 2.24) is 15.0 Å². The number of amides is 1. The van der Waals surface area contributed by atoms with Gasteiger partial charge in [0.2, 0.25) is 17.8 Å². The van der Waals surface area contributed by atoms with Crippen LogP contribution in [0.25, 0.3) is 0 Å². The Balaban J connectivity index is 1.68. The predicted octanol–water partition coefficient (Wildman–Crippen LogP) is 3.24. The molecule has 0 spiro atoms. The number of carbonyl (C=O) groups excluding carboxylic acids is 1. The van der Waals surface area contributed by atoms with E-state index in [0.29, 0.717) is 11.9 Å². The Morgan fingerprint density at radius 2 is 1.69 bits per heavy atom. The molecule has 2 heterocycles. The van der Waals surface area contributed by atoms with Crippen molar-refractivity contribution in [3.8, 4) is 6.01 Å². The molecule has 1 amide bonds. The Morgan fingerprint density at radius 1 is 1.03 bits per heavy atom. The highest BCUT2D eigenvalue weighted by atomic mass is 16.5. The topological polar surface area (TPSA) is 92.3 Å². The van der Waals surface area contributed by atoms with Crippen molar-refractivity contribution in [2.45, 2.75) is 46.5 Å². The fraction of sp³-hybridized carbons (Fsp3) is 0.524. The number of carbonyl (C=O) groups is 1. The minimum Gasteiger partial charge on any atom is -0.467 e. The summed E-state index contributed by atoms with van der Waals surface area (Å²) < 4.78 is 5.23. The van der Waals surface area contributed by atoms with Crippen molar-refractivity contribution >= 4 is 23.5 Å². The average Bonchev–Trinajstić information content (AvgIpc) is 2.98. The summed E-state index contributed by atoms with van der Waals surface area (Å²) in [4.78, 5) is 27.8. The van der Waals surface area contributed by atoms with Crippen LogP contribution < -0.4 is 20.3 Å². The number of methoxy groups -OCH3 is 1. The van der Waals surface area contributed by atoms with Crippen molar-refractivity contribution in [2.75, 3.05) is 42.3 Å². The van der Waals surface area contributed by atoms with Gasteiger partial charge in [0.05, 0.1) is 13.7 Å². The largest absolute Gasteiger partial charge is 0.467 e. The summed E-state index contributed by atoms with van der Waals surface area (Å²) in [6.07, 6.45) is 4.69. The number of nitrogens with zero attached hydrogens (tertiary/aromatic N) is 4. The van der Waals surface area contributed by atoms with Gasteiger partial charge in [-0.2, -0.15) is 15.0 Å². The van der Waals surface area contributed by atoms with E-state index >= 15 is 0 Å². The van der Waals surface area contributed by atoms with Gasteiger partial charge in [0.25, 0.3) is 0 Å². The molecule has 0 aliphatic carbocycles.